The number of rotatable bonds is 2. The van der Waals surface area contributed by atoms with Crippen LogP contribution < -0.4 is 10.2 Å². The lowest BCUT2D eigenvalue weighted by molar-refractivity contribution is -0.384. The average molecular weight is 446 g/mol. The second kappa shape index (κ2) is 9.77. The summed E-state index contributed by atoms with van der Waals surface area (Å²) in [5, 5.41) is 14.4. The van der Waals surface area contributed by atoms with E-state index in [0.717, 1.165) is 25.7 Å². The van der Waals surface area contributed by atoms with Gasteiger partial charge in [0.15, 0.2) is 0 Å². The van der Waals surface area contributed by atoms with Crippen molar-refractivity contribution in [2.75, 3.05) is 58.3 Å². The molecule has 0 amide bonds. The van der Waals surface area contributed by atoms with Crippen LogP contribution in [0.25, 0.3) is 0 Å². The van der Waals surface area contributed by atoms with Gasteiger partial charge in [0.05, 0.1) is 9.40 Å². The number of hydrogen-bond acceptors (Lipinski definition) is 6. The topological polar surface area (TPSA) is 64.9 Å². The summed E-state index contributed by atoms with van der Waals surface area (Å²) in [7, 11) is 4.18. The molecule has 0 aromatic heterocycles. The zero-order valence-electron chi connectivity index (χ0n) is 16.4. The van der Waals surface area contributed by atoms with Crippen LogP contribution in [0.3, 0.4) is 0 Å². The van der Waals surface area contributed by atoms with Crippen molar-refractivity contribution in [1.29, 1.82) is 0 Å². The summed E-state index contributed by atoms with van der Waals surface area (Å²) >= 11 is 2.99. The van der Waals surface area contributed by atoms with E-state index >= 15 is 0 Å². The Bertz CT molecular complexity index is 653. The van der Waals surface area contributed by atoms with Crippen LogP contribution in [0, 0.1) is 15.9 Å². The third kappa shape index (κ3) is 5.84. The molecular formula is C18H29BrFN5O2. The molecule has 1 N–H and O–H groups in total. The van der Waals surface area contributed by atoms with Crippen molar-refractivity contribution in [1.82, 2.24) is 15.1 Å². The van der Waals surface area contributed by atoms with E-state index in [4.69, 9.17) is 0 Å². The highest BCUT2D eigenvalue weighted by Crippen LogP contribution is 2.34. The third-order valence-electron chi connectivity index (χ3n) is 5.35. The summed E-state index contributed by atoms with van der Waals surface area (Å²) in [5.74, 6) is -0.479. The number of nitro benzene ring substituents is 1. The van der Waals surface area contributed by atoms with Crippen LogP contribution in [-0.4, -0.2) is 80.2 Å². The number of piperazine rings is 2. The minimum Gasteiger partial charge on any atom is -0.363 e. The SMILES string of the molecule is C[C@H]1CN(c2cc(F)c(Br)cc2[N+](=O)[O-])CCN1C.C[C@H]1CNCCN1C. The van der Waals surface area contributed by atoms with Crippen molar-refractivity contribution in [3.05, 3.63) is 32.5 Å². The molecule has 2 fully saturated rings. The van der Waals surface area contributed by atoms with Gasteiger partial charge in [-0.25, -0.2) is 4.39 Å². The zero-order chi connectivity index (χ0) is 20.1. The van der Waals surface area contributed by atoms with E-state index in [1.165, 1.54) is 18.7 Å². The van der Waals surface area contributed by atoms with Crippen molar-refractivity contribution < 1.29 is 9.31 Å². The first-order valence-corrected chi connectivity index (χ1v) is 9.99. The fraction of sp³-hybridized carbons (Fsp3) is 0.667. The summed E-state index contributed by atoms with van der Waals surface area (Å²) < 4.78 is 13.8. The lowest BCUT2D eigenvalue weighted by Gasteiger charge is -2.38. The molecular weight excluding hydrogens is 417 g/mol. The zero-order valence-corrected chi connectivity index (χ0v) is 18.0. The Balaban J connectivity index is 0.000000273. The second-order valence-corrected chi connectivity index (χ2v) is 8.18. The number of nitrogens with one attached hydrogen (secondary N) is 1. The predicted octanol–water partition coefficient (Wildman–Crippen LogP) is 2.55. The summed E-state index contributed by atoms with van der Waals surface area (Å²) in [5.41, 5.74) is 0.288. The van der Waals surface area contributed by atoms with E-state index in [0.29, 0.717) is 18.8 Å². The maximum Gasteiger partial charge on any atom is 0.293 e. The van der Waals surface area contributed by atoms with E-state index in [1.54, 1.807) is 0 Å². The van der Waals surface area contributed by atoms with Crippen molar-refractivity contribution in [3.63, 3.8) is 0 Å². The highest BCUT2D eigenvalue weighted by Gasteiger charge is 2.27. The van der Waals surface area contributed by atoms with Gasteiger partial charge in [-0.3, -0.25) is 10.1 Å². The van der Waals surface area contributed by atoms with Crippen LogP contribution in [0.1, 0.15) is 13.8 Å². The van der Waals surface area contributed by atoms with Gasteiger partial charge in [0.25, 0.3) is 5.69 Å². The Kier molecular flexibility index (Phi) is 7.96. The molecule has 152 valence electrons. The lowest BCUT2D eigenvalue weighted by atomic mass is 10.1. The Hall–Kier alpha value is -1.29. The van der Waals surface area contributed by atoms with Gasteiger partial charge in [-0.2, -0.15) is 0 Å². The Morgan fingerprint density at radius 1 is 1.19 bits per heavy atom. The molecule has 9 heteroatoms. The first-order valence-electron chi connectivity index (χ1n) is 9.20. The molecule has 7 nitrogen and oxygen atoms in total. The van der Waals surface area contributed by atoms with Gasteiger partial charge in [0.2, 0.25) is 0 Å². The van der Waals surface area contributed by atoms with Crippen LogP contribution in [-0.2, 0) is 0 Å². The summed E-state index contributed by atoms with van der Waals surface area (Å²) in [4.78, 5) is 17.1. The lowest BCUT2D eigenvalue weighted by Crippen LogP contribution is -2.50. The standard InChI is InChI=1S/C12H15BrFN3O2.C6H14N2/c1-8-7-16(4-3-15(8)2)11-6-10(14)9(13)5-12(11)17(18)19;1-6-5-7-3-4-8(6)2/h5-6,8H,3-4,7H2,1-2H3;6-7H,3-5H2,1-2H3/t8-;6-/m00/s1. The molecule has 2 aliphatic rings. The number of halogens is 2. The largest absolute Gasteiger partial charge is 0.363 e. The Morgan fingerprint density at radius 2 is 1.85 bits per heavy atom. The minimum atomic E-state index is -0.479. The molecule has 27 heavy (non-hydrogen) atoms. The molecule has 1 aromatic rings. The van der Waals surface area contributed by atoms with E-state index in [2.05, 4.69) is 45.0 Å². The molecule has 3 rings (SSSR count). The van der Waals surface area contributed by atoms with E-state index in [1.807, 2.05) is 18.9 Å². The van der Waals surface area contributed by atoms with Crippen LogP contribution >= 0.6 is 15.9 Å². The highest BCUT2D eigenvalue weighted by molar-refractivity contribution is 9.10. The second-order valence-electron chi connectivity index (χ2n) is 7.32. The van der Waals surface area contributed by atoms with Gasteiger partial charge in [-0.1, -0.05) is 0 Å². The van der Waals surface area contributed by atoms with Crippen molar-refractivity contribution in [2.45, 2.75) is 25.9 Å². The van der Waals surface area contributed by atoms with E-state index in [-0.39, 0.29) is 16.2 Å². The molecule has 2 heterocycles. The number of benzene rings is 1. The predicted molar refractivity (Wildman–Crippen MR) is 110 cm³/mol. The number of anilines is 1. The minimum absolute atomic E-state index is 0.0648. The Labute approximate surface area is 168 Å². The number of nitrogens with zero attached hydrogens (tertiary/aromatic N) is 4. The molecule has 0 unspecified atom stereocenters. The Morgan fingerprint density at radius 3 is 2.37 bits per heavy atom. The first-order chi connectivity index (χ1) is 12.7. The van der Waals surface area contributed by atoms with Crippen LogP contribution in [0.15, 0.2) is 16.6 Å². The molecule has 0 radical (unpaired) electrons. The van der Waals surface area contributed by atoms with E-state index < -0.39 is 10.7 Å². The van der Waals surface area contributed by atoms with Gasteiger partial charge in [0.1, 0.15) is 11.5 Å². The molecule has 2 aliphatic heterocycles. The third-order valence-corrected chi connectivity index (χ3v) is 5.96. The monoisotopic (exact) mass is 445 g/mol. The average Bonchev–Trinajstić information content (AvgIpc) is 2.62. The molecule has 2 atom stereocenters. The number of nitro groups is 1. The van der Waals surface area contributed by atoms with E-state index in [9.17, 15) is 14.5 Å². The van der Waals surface area contributed by atoms with Gasteiger partial charge in [-0.15, -0.1) is 0 Å². The maximum atomic E-state index is 13.6. The van der Waals surface area contributed by atoms with Crippen molar-refractivity contribution >= 4 is 27.3 Å². The summed E-state index contributed by atoms with van der Waals surface area (Å²) in [6.07, 6.45) is 0. The van der Waals surface area contributed by atoms with Gasteiger partial charge in [-0.05, 0) is 43.9 Å². The number of likely N-dealkylation sites (N-methyl/N-ethyl adjacent to an activating group) is 2. The van der Waals surface area contributed by atoms with Gasteiger partial charge < -0.3 is 20.0 Å². The molecule has 0 saturated carbocycles. The first kappa shape index (κ1) is 22.0. The van der Waals surface area contributed by atoms with Crippen LogP contribution in [0.5, 0.6) is 0 Å². The summed E-state index contributed by atoms with van der Waals surface area (Å²) in [6.45, 7) is 9.90. The van der Waals surface area contributed by atoms with Crippen molar-refractivity contribution in [2.24, 2.45) is 0 Å². The van der Waals surface area contributed by atoms with Gasteiger partial charge >= 0.3 is 0 Å². The fourth-order valence-electron chi connectivity index (χ4n) is 3.14. The fourth-order valence-corrected chi connectivity index (χ4v) is 3.47. The highest BCUT2D eigenvalue weighted by atomic mass is 79.9. The van der Waals surface area contributed by atoms with Gasteiger partial charge in [0, 0.05) is 63.5 Å². The molecule has 2 saturated heterocycles. The van der Waals surface area contributed by atoms with Crippen LogP contribution in [0.4, 0.5) is 15.8 Å². The molecule has 0 spiro atoms. The molecule has 0 bridgehead atoms. The smallest absolute Gasteiger partial charge is 0.293 e. The summed E-state index contributed by atoms with van der Waals surface area (Å²) in [6, 6.07) is 3.47. The van der Waals surface area contributed by atoms with Crippen molar-refractivity contribution in [3.8, 4) is 0 Å². The normalized spacial score (nSPS) is 24.3. The van der Waals surface area contributed by atoms with Crippen LogP contribution in [0.2, 0.25) is 0 Å². The molecule has 0 aliphatic carbocycles. The quantitative estimate of drug-likeness (QED) is 0.557. The number of hydrogen-bond donors (Lipinski definition) is 1. The molecule has 1 aromatic carbocycles. The maximum absolute atomic E-state index is 13.6.